The number of halogens is 2. The maximum Gasteiger partial charge on any atom is 0.224 e. The van der Waals surface area contributed by atoms with E-state index < -0.39 is 0 Å². The predicted octanol–water partition coefficient (Wildman–Crippen LogP) is 2.84. The summed E-state index contributed by atoms with van der Waals surface area (Å²) in [6, 6.07) is 5.17. The van der Waals surface area contributed by atoms with Gasteiger partial charge in [-0.1, -0.05) is 35.3 Å². The number of hydrogen-bond acceptors (Lipinski definition) is 1. The first kappa shape index (κ1) is 12.1. The average Bonchev–Trinajstić information content (AvgIpc) is 2.21. The minimum atomic E-state index is -0.120. The highest BCUT2D eigenvalue weighted by Gasteiger charge is 2.09. The monoisotopic (exact) mass is 243 g/mol. The molecular formula is C11H11Cl2NO. The van der Waals surface area contributed by atoms with E-state index in [0.717, 1.165) is 0 Å². The van der Waals surface area contributed by atoms with E-state index >= 15 is 0 Å². The van der Waals surface area contributed by atoms with Crippen molar-refractivity contribution in [1.82, 2.24) is 5.32 Å². The van der Waals surface area contributed by atoms with E-state index in [1.54, 1.807) is 24.3 Å². The van der Waals surface area contributed by atoms with E-state index in [9.17, 15) is 4.79 Å². The van der Waals surface area contributed by atoms with Gasteiger partial charge in [-0.25, -0.2) is 0 Å². The fraction of sp³-hybridized carbons (Fsp3) is 0.182. The van der Waals surface area contributed by atoms with Crippen LogP contribution in [0, 0.1) is 0 Å². The number of nitrogens with one attached hydrogen (secondary N) is 1. The Kier molecular flexibility index (Phi) is 4.66. The lowest BCUT2D eigenvalue weighted by Crippen LogP contribution is -2.25. The topological polar surface area (TPSA) is 29.1 Å². The molecule has 1 rings (SSSR count). The van der Waals surface area contributed by atoms with Gasteiger partial charge in [-0.05, 0) is 17.7 Å². The normalized spacial score (nSPS) is 9.73. The molecule has 2 nitrogen and oxygen atoms in total. The van der Waals surface area contributed by atoms with Crippen LogP contribution in [0.25, 0.3) is 0 Å². The van der Waals surface area contributed by atoms with Crippen LogP contribution in [0.1, 0.15) is 5.56 Å². The van der Waals surface area contributed by atoms with E-state index in [2.05, 4.69) is 11.9 Å². The molecule has 0 aliphatic carbocycles. The summed E-state index contributed by atoms with van der Waals surface area (Å²) >= 11 is 11.8. The van der Waals surface area contributed by atoms with Gasteiger partial charge in [-0.15, -0.1) is 6.58 Å². The van der Waals surface area contributed by atoms with Crippen molar-refractivity contribution < 1.29 is 4.79 Å². The third kappa shape index (κ3) is 3.57. The van der Waals surface area contributed by atoms with Crippen LogP contribution in [0.15, 0.2) is 30.9 Å². The number of hydrogen-bond donors (Lipinski definition) is 1. The van der Waals surface area contributed by atoms with Gasteiger partial charge >= 0.3 is 0 Å². The average molecular weight is 244 g/mol. The molecule has 1 amide bonds. The molecule has 0 bridgehead atoms. The molecule has 0 aliphatic heterocycles. The zero-order valence-corrected chi connectivity index (χ0v) is 9.61. The van der Waals surface area contributed by atoms with Crippen LogP contribution >= 0.6 is 23.2 Å². The molecule has 0 spiro atoms. The summed E-state index contributed by atoms with van der Waals surface area (Å²) in [5.74, 6) is -0.120. The van der Waals surface area contributed by atoms with Crippen LogP contribution in [0.4, 0.5) is 0 Å². The number of carbonyl (C=O) groups excluding carboxylic acids is 1. The highest BCUT2D eigenvalue weighted by atomic mass is 35.5. The highest BCUT2D eigenvalue weighted by Crippen LogP contribution is 2.24. The van der Waals surface area contributed by atoms with Crippen LogP contribution in [-0.4, -0.2) is 12.5 Å². The third-order valence-corrected chi connectivity index (χ3v) is 2.55. The summed E-state index contributed by atoms with van der Waals surface area (Å²) in [5.41, 5.74) is 0.655. The van der Waals surface area contributed by atoms with Gasteiger partial charge in [-0.2, -0.15) is 0 Å². The molecule has 4 heteroatoms. The molecule has 80 valence electrons. The molecule has 0 fully saturated rings. The summed E-state index contributed by atoms with van der Waals surface area (Å²) in [7, 11) is 0. The van der Waals surface area contributed by atoms with Crippen LogP contribution in [0.5, 0.6) is 0 Å². The Labute approximate surface area is 98.9 Å². The molecule has 0 saturated carbocycles. The van der Waals surface area contributed by atoms with E-state index in [1.165, 1.54) is 0 Å². The summed E-state index contributed by atoms with van der Waals surface area (Å²) in [6.45, 7) is 3.95. The Bertz CT molecular complexity index is 357. The standard InChI is InChI=1S/C11H11Cl2NO/c1-2-6-14-11(15)7-8-9(12)4-3-5-10(8)13/h2-5H,1,6-7H2,(H,14,15). The minimum Gasteiger partial charge on any atom is -0.352 e. The van der Waals surface area contributed by atoms with Crippen molar-refractivity contribution in [3.05, 3.63) is 46.5 Å². The van der Waals surface area contributed by atoms with E-state index in [4.69, 9.17) is 23.2 Å². The quantitative estimate of drug-likeness (QED) is 0.810. The SMILES string of the molecule is C=CCNC(=O)Cc1c(Cl)cccc1Cl. The molecule has 1 aromatic carbocycles. The Balaban J connectivity index is 2.71. The second-order valence-corrected chi connectivity index (χ2v) is 3.78. The van der Waals surface area contributed by atoms with Gasteiger partial charge < -0.3 is 5.32 Å². The molecule has 0 unspecified atom stereocenters. The third-order valence-electron chi connectivity index (χ3n) is 1.84. The molecule has 0 atom stereocenters. The molecule has 0 aliphatic rings. The van der Waals surface area contributed by atoms with Crippen molar-refractivity contribution in [2.24, 2.45) is 0 Å². The van der Waals surface area contributed by atoms with E-state index in [-0.39, 0.29) is 12.3 Å². The Morgan fingerprint density at radius 2 is 2.00 bits per heavy atom. The lowest BCUT2D eigenvalue weighted by molar-refractivity contribution is -0.120. The summed E-state index contributed by atoms with van der Waals surface area (Å²) < 4.78 is 0. The largest absolute Gasteiger partial charge is 0.352 e. The molecule has 1 N–H and O–H groups in total. The molecule has 0 radical (unpaired) electrons. The van der Waals surface area contributed by atoms with Gasteiger partial charge in [0.1, 0.15) is 0 Å². The van der Waals surface area contributed by atoms with Crippen molar-refractivity contribution in [3.63, 3.8) is 0 Å². The maximum absolute atomic E-state index is 11.4. The van der Waals surface area contributed by atoms with Crippen molar-refractivity contribution >= 4 is 29.1 Å². The fourth-order valence-corrected chi connectivity index (χ4v) is 1.64. The van der Waals surface area contributed by atoms with Gasteiger partial charge in [0, 0.05) is 16.6 Å². The van der Waals surface area contributed by atoms with E-state index in [1.807, 2.05) is 0 Å². The summed E-state index contributed by atoms with van der Waals surface area (Å²) in [6.07, 6.45) is 1.80. The lowest BCUT2D eigenvalue weighted by Gasteiger charge is -2.06. The second-order valence-electron chi connectivity index (χ2n) is 2.97. The van der Waals surface area contributed by atoms with E-state index in [0.29, 0.717) is 22.2 Å². The number of amides is 1. The second kappa shape index (κ2) is 5.79. The molecular weight excluding hydrogens is 233 g/mol. The van der Waals surface area contributed by atoms with Crippen molar-refractivity contribution in [2.75, 3.05) is 6.54 Å². The van der Waals surface area contributed by atoms with Crippen LogP contribution in [-0.2, 0) is 11.2 Å². The minimum absolute atomic E-state index is 0.120. The van der Waals surface area contributed by atoms with Gasteiger partial charge in [0.2, 0.25) is 5.91 Å². The summed E-state index contributed by atoms with van der Waals surface area (Å²) in [5, 5.41) is 3.68. The lowest BCUT2D eigenvalue weighted by atomic mass is 10.1. The summed E-state index contributed by atoms with van der Waals surface area (Å²) in [4.78, 5) is 11.4. The Morgan fingerprint density at radius 3 is 2.53 bits per heavy atom. The highest BCUT2D eigenvalue weighted by molar-refractivity contribution is 6.36. The molecule has 0 aromatic heterocycles. The first-order chi connectivity index (χ1) is 7.15. The van der Waals surface area contributed by atoms with Crippen LogP contribution < -0.4 is 5.32 Å². The molecule has 1 aromatic rings. The van der Waals surface area contributed by atoms with Gasteiger partial charge in [0.05, 0.1) is 6.42 Å². The van der Waals surface area contributed by atoms with Gasteiger partial charge in [0.15, 0.2) is 0 Å². The number of carbonyl (C=O) groups is 1. The smallest absolute Gasteiger partial charge is 0.224 e. The van der Waals surface area contributed by atoms with Crippen LogP contribution in [0.3, 0.4) is 0 Å². The predicted molar refractivity (Wildman–Crippen MR) is 63.4 cm³/mol. The molecule has 0 saturated heterocycles. The van der Waals surface area contributed by atoms with Gasteiger partial charge in [-0.3, -0.25) is 4.79 Å². The molecule has 15 heavy (non-hydrogen) atoms. The first-order valence-electron chi connectivity index (χ1n) is 4.45. The zero-order valence-electron chi connectivity index (χ0n) is 8.09. The maximum atomic E-state index is 11.4. The first-order valence-corrected chi connectivity index (χ1v) is 5.21. The van der Waals surface area contributed by atoms with Crippen molar-refractivity contribution in [1.29, 1.82) is 0 Å². The van der Waals surface area contributed by atoms with Crippen molar-refractivity contribution in [3.8, 4) is 0 Å². The number of rotatable bonds is 4. The fourth-order valence-electron chi connectivity index (χ4n) is 1.11. The molecule has 0 heterocycles. The Hall–Kier alpha value is -0.990. The zero-order chi connectivity index (χ0) is 11.3. The van der Waals surface area contributed by atoms with Gasteiger partial charge in [0.25, 0.3) is 0 Å². The van der Waals surface area contributed by atoms with Crippen molar-refractivity contribution in [2.45, 2.75) is 6.42 Å². The number of benzene rings is 1. The van der Waals surface area contributed by atoms with Crippen LogP contribution in [0.2, 0.25) is 10.0 Å². The Morgan fingerprint density at radius 1 is 1.40 bits per heavy atom.